The van der Waals surface area contributed by atoms with Crippen molar-refractivity contribution in [3.63, 3.8) is 0 Å². The molecule has 1 nitrogen and oxygen atoms in total. The van der Waals surface area contributed by atoms with Gasteiger partial charge in [0.1, 0.15) is 0 Å². The molecule has 0 bridgehead atoms. The molecule has 0 aromatic heterocycles. The molecule has 1 heteroatoms. The highest BCUT2D eigenvalue weighted by Crippen LogP contribution is 2.41. The summed E-state index contributed by atoms with van der Waals surface area (Å²) in [6.45, 7) is 9.21. The van der Waals surface area contributed by atoms with E-state index in [1.807, 2.05) is 0 Å². The lowest BCUT2D eigenvalue weighted by Crippen LogP contribution is -2.29. The second-order valence-electron chi connectivity index (χ2n) is 7.20. The number of hydrogen-bond acceptors (Lipinski definition) is 1. The normalized spacial score (nSPS) is 15.6. The minimum atomic E-state index is 0.420. The molecule has 0 atom stereocenters. The fourth-order valence-electron chi connectivity index (χ4n) is 2.97. The van der Waals surface area contributed by atoms with Crippen molar-refractivity contribution >= 4 is 0 Å². The van der Waals surface area contributed by atoms with E-state index in [1.165, 1.54) is 44.1 Å². The van der Waals surface area contributed by atoms with Gasteiger partial charge in [0.05, 0.1) is 0 Å². The molecule has 0 heterocycles. The molecule has 1 aromatic carbocycles. The largest absolute Gasteiger partial charge is 0.312 e. The van der Waals surface area contributed by atoms with Crippen LogP contribution in [0.5, 0.6) is 0 Å². The fourth-order valence-corrected chi connectivity index (χ4v) is 2.97. The molecule has 0 spiro atoms. The smallest absolute Gasteiger partial charge is 0.0208 e. The van der Waals surface area contributed by atoms with Gasteiger partial charge < -0.3 is 5.32 Å². The molecule has 1 aliphatic carbocycles. The Balaban J connectivity index is 1.77. The van der Waals surface area contributed by atoms with Gasteiger partial charge in [0.15, 0.2) is 0 Å². The van der Waals surface area contributed by atoms with E-state index >= 15 is 0 Å². The van der Waals surface area contributed by atoms with Crippen LogP contribution < -0.4 is 5.32 Å². The molecular weight excluding hydrogens is 242 g/mol. The van der Waals surface area contributed by atoms with Crippen molar-refractivity contribution in [1.82, 2.24) is 5.32 Å². The van der Waals surface area contributed by atoms with Gasteiger partial charge in [-0.15, -0.1) is 0 Å². The maximum Gasteiger partial charge on any atom is 0.0208 e. The van der Waals surface area contributed by atoms with Crippen molar-refractivity contribution < 1.29 is 0 Å². The zero-order valence-electron chi connectivity index (χ0n) is 13.5. The summed E-state index contributed by atoms with van der Waals surface area (Å²) in [6.07, 6.45) is 8.16. The van der Waals surface area contributed by atoms with Gasteiger partial charge in [0, 0.05) is 13.1 Å². The minimum absolute atomic E-state index is 0.420. The molecule has 1 aromatic rings. The van der Waals surface area contributed by atoms with Crippen LogP contribution in [0.15, 0.2) is 24.3 Å². The highest BCUT2D eigenvalue weighted by atomic mass is 14.9. The van der Waals surface area contributed by atoms with Crippen molar-refractivity contribution in [3.05, 3.63) is 35.4 Å². The third kappa shape index (κ3) is 4.94. The lowest BCUT2D eigenvalue weighted by atomic mass is 9.87. The van der Waals surface area contributed by atoms with E-state index in [2.05, 4.69) is 50.4 Å². The average molecular weight is 273 g/mol. The Hall–Kier alpha value is -0.820. The van der Waals surface area contributed by atoms with Gasteiger partial charge >= 0.3 is 0 Å². The summed E-state index contributed by atoms with van der Waals surface area (Å²) in [6, 6.07) is 8.98. The summed E-state index contributed by atoms with van der Waals surface area (Å²) in [5.74, 6) is 0.852. The van der Waals surface area contributed by atoms with E-state index in [1.54, 1.807) is 5.56 Å². The number of benzene rings is 1. The number of unbranched alkanes of at least 4 members (excludes halogenated alkanes) is 2. The standard InChI is InChI=1S/C19H31N/c1-4-5-8-13-19(2,3)15-20-14-17-9-6-7-10-18(17)16-11-12-16/h6-7,9-10,16,20H,4-5,8,11-15H2,1-3H3. The number of nitrogens with one attached hydrogen (secondary N) is 1. The second-order valence-corrected chi connectivity index (χ2v) is 7.20. The first-order valence-electron chi connectivity index (χ1n) is 8.41. The molecule has 0 aliphatic heterocycles. The Morgan fingerprint density at radius 3 is 2.60 bits per heavy atom. The summed E-state index contributed by atoms with van der Waals surface area (Å²) in [4.78, 5) is 0. The van der Waals surface area contributed by atoms with Crippen molar-refractivity contribution in [1.29, 1.82) is 0 Å². The van der Waals surface area contributed by atoms with Crippen LogP contribution in [0.1, 0.15) is 76.3 Å². The molecule has 0 saturated heterocycles. The third-order valence-corrected chi connectivity index (χ3v) is 4.45. The minimum Gasteiger partial charge on any atom is -0.312 e. The van der Waals surface area contributed by atoms with Gasteiger partial charge in [-0.05, 0) is 41.7 Å². The Labute approximate surface area is 125 Å². The van der Waals surface area contributed by atoms with Gasteiger partial charge in [-0.3, -0.25) is 0 Å². The summed E-state index contributed by atoms with van der Waals surface area (Å²) >= 11 is 0. The molecule has 1 fully saturated rings. The van der Waals surface area contributed by atoms with Crippen LogP contribution in [-0.2, 0) is 6.54 Å². The van der Waals surface area contributed by atoms with E-state index < -0.39 is 0 Å². The predicted molar refractivity (Wildman–Crippen MR) is 88.0 cm³/mol. The van der Waals surface area contributed by atoms with Crippen LogP contribution in [0.3, 0.4) is 0 Å². The maximum atomic E-state index is 3.69. The zero-order valence-corrected chi connectivity index (χ0v) is 13.5. The van der Waals surface area contributed by atoms with Crippen molar-refractivity contribution in [2.45, 2.75) is 71.8 Å². The quantitative estimate of drug-likeness (QED) is 0.605. The highest BCUT2D eigenvalue weighted by Gasteiger charge is 2.25. The van der Waals surface area contributed by atoms with Crippen molar-refractivity contribution in [2.75, 3.05) is 6.54 Å². The predicted octanol–water partition coefficient (Wildman–Crippen LogP) is 5.26. The van der Waals surface area contributed by atoms with Gasteiger partial charge in [-0.2, -0.15) is 0 Å². The van der Waals surface area contributed by atoms with Crippen LogP contribution in [0.2, 0.25) is 0 Å². The van der Waals surface area contributed by atoms with Crippen LogP contribution in [0.4, 0.5) is 0 Å². The van der Waals surface area contributed by atoms with Crippen LogP contribution in [-0.4, -0.2) is 6.54 Å². The maximum absolute atomic E-state index is 3.69. The summed E-state index contributed by atoms with van der Waals surface area (Å²) in [7, 11) is 0. The number of hydrogen-bond donors (Lipinski definition) is 1. The molecule has 0 radical (unpaired) electrons. The highest BCUT2D eigenvalue weighted by molar-refractivity contribution is 5.33. The van der Waals surface area contributed by atoms with Crippen LogP contribution in [0.25, 0.3) is 0 Å². The zero-order chi connectivity index (χ0) is 14.4. The first kappa shape index (κ1) is 15.6. The van der Waals surface area contributed by atoms with Gasteiger partial charge in [-0.1, -0.05) is 64.3 Å². The SMILES string of the molecule is CCCCCC(C)(C)CNCc1ccccc1C1CC1. The Bertz CT molecular complexity index is 404. The van der Waals surface area contributed by atoms with Gasteiger partial charge in [-0.25, -0.2) is 0 Å². The lowest BCUT2D eigenvalue weighted by Gasteiger charge is -2.25. The van der Waals surface area contributed by atoms with Crippen molar-refractivity contribution in [3.8, 4) is 0 Å². The monoisotopic (exact) mass is 273 g/mol. The molecule has 1 aliphatic rings. The van der Waals surface area contributed by atoms with Crippen LogP contribution in [0, 0.1) is 5.41 Å². The molecule has 112 valence electrons. The third-order valence-electron chi connectivity index (χ3n) is 4.45. The fraction of sp³-hybridized carbons (Fsp3) is 0.684. The summed E-state index contributed by atoms with van der Waals surface area (Å²) in [5.41, 5.74) is 3.52. The molecule has 0 unspecified atom stereocenters. The average Bonchev–Trinajstić information content (AvgIpc) is 3.23. The van der Waals surface area contributed by atoms with E-state index in [0.29, 0.717) is 5.41 Å². The molecule has 1 saturated carbocycles. The number of rotatable bonds is 9. The Morgan fingerprint density at radius 1 is 1.15 bits per heavy atom. The van der Waals surface area contributed by atoms with Gasteiger partial charge in [0.25, 0.3) is 0 Å². The van der Waals surface area contributed by atoms with Gasteiger partial charge in [0.2, 0.25) is 0 Å². The van der Waals surface area contributed by atoms with E-state index in [4.69, 9.17) is 0 Å². The molecule has 2 rings (SSSR count). The molecule has 0 amide bonds. The van der Waals surface area contributed by atoms with E-state index in [0.717, 1.165) is 19.0 Å². The first-order chi connectivity index (χ1) is 9.62. The summed E-state index contributed by atoms with van der Waals surface area (Å²) in [5, 5.41) is 3.69. The lowest BCUT2D eigenvalue weighted by molar-refractivity contribution is 0.302. The second kappa shape index (κ2) is 7.26. The molecular formula is C19H31N. The molecule has 20 heavy (non-hydrogen) atoms. The van der Waals surface area contributed by atoms with Crippen molar-refractivity contribution in [2.24, 2.45) is 5.41 Å². The van der Waals surface area contributed by atoms with Crippen LogP contribution >= 0.6 is 0 Å². The molecule has 1 N–H and O–H groups in total. The summed E-state index contributed by atoms with van der Waals surface area (Å²) < 4.78 is 0. The van der Waals surface area contributed by atoms with E-state index in [-0.39, 0.29) is 0 Å². The topological polar surface area (TPSA) is 12.0 Å². The van der Waals surface area contributed by atoms with E-state index in [9.17, 15) is 0 Å². The Morgan fingerprint density at radius 2 is 1.90 bits per heavy atom. The first-order valence-corrected chi connectivity index (χ1v) is 8.41. The Kier molecular flexibility index (Phi) is 5.65.